The number of esters is 1. The number of carbonyl (C=O) groups is 2. The van der Waals surface area contributed by atoms with Crippen LogP contribution in [-0.2, 0) is 15.3 Å². The highest BCUT2D eigenvalue weighted by Gasteiger charge is 2.44. The van der Waals surface area contributed by atoms with Gasteiger partial charge in [0.1, 0.15) is 0 Å². The molecule has 1 aliphatic rings. The number of amides is 1. The van der Waals surface area contributed by atoms with Crippen LogP contribution in [0.5, 0.6) is 0 Å². The maximum atomic E-state index is 13.4. The van der Waals surface area contributed by atoms with Gasteiger partial charge in [-0.1, -0.05) is 53.7 Å². The van der Waals surface area contributed by atoms with Crippen LogP contribution < -0.4 is 15.1 Å². The molecule has 0 saturated carbocycles. The Morgan fingerprint density at radius 3 is 2.49 bits per heavy atom. The first kappa shape index (κ1) is 24.7. The third kappa shape index (κ3) is 4.63. The smallest absolute Gasteiger partial charge is 0.337 e. The molecule has 1 amide bonds. The zero-order valence-corrected chi connectivity index (χ0v) is 21.5. The van der Waals surface area contributed by atoms with Crippen molar-refractivity contribution in [2.45, 2.75) is 24.0 Å². The SMILES string of the molecule is COC(=O)c1ccc([C@@H]2N(C(C)=O)c3ccccc3-c3c(=O)[nH]c(SCc4ccccc4Cl)n[n+]32)cc1. The number of aromatic amines is 1. The molecule has 1 aromatic heterocycles. The Morgan fingerprint density at radius 2 is 1.78 bits per heavy atom. The molecular formula is C27H22ClN4O4S+. The first-order valence-electron chi connectivity index (χ1n) is 11.4. The number of aromatic nitrogens is 3. The molecule has 0 bridgehead atoms. The van der Waals surface area contributed by atoms with Crippen molar-refractivity contribution in [2.75, 3.05) is 12.0 Å². The molecule has 8 nitrogen and oxygen atoms in total. The first-order chi connectivity index (χ1) is 17.9. The average molecular weight is 534 g/mol. The van der Waals surface area contributed by atoms with Crippen LogP contribution in [0.3, 0.4) is 0 Å². The minimum Gasteiger partial charge on any atom is -0.465 e. The summed E-state index contributed by atoms with van der Waals surface area (Å²) in [4.78, 5) is 42.9. The summed E-state index contributed by atoms with van der Waals surface area (Å²) in [5, 5.41) is 5.79. The normalized spacial score (nSPS) is 14.0. The Labute approximate surface area is 221 Å². The number of H-pyrrole nitrogens is 1. The van der Waals surface area contributed by atoms with E-state index in [2.05, 4.69) is 4.98 Å². The summed E-state index contributed by atoms with van der Waals surface area (Å²) < 4.78 is 6.38. The molecule has 0 fully saturated rings. The summed E-state index contributed by atoms with van der Waals surface area (Å²) in [6, 6.07) is 21.4. The number of hydrogen-bond acceptors (Lipinski definition) is 6. The van der Waals surface area contributed by atoms with Crippen molar-refractivity contribution in [1.29, 1.82) is 0 Å². The molecule has 0 radical (unpaired) electrons. The van der Waals surface area contributed by atoms with Crippen molar-refractivity contribution < 1.29 is 19.0 Å². The molecule has 5 rings (SSSR count). The molecule has 186 valence electrons. The number of anilines is 1. The van der Waals surface area contributed by atoms with Crippen molar-refractivity contribution in [2.24, 2.45) is 0 Å². The lowest BCUT2D eigenvalue weighted by Crippen LogP contribution is -2.60. The number of thioether (sulfide) groups is 1. The highest BCUT2D eigenvalue weighted by Crippen LogP contribution is 2.37. The topological polar surface area (TPSA) is 96.2 Å². The van der Waals surface area contributed by atoms with Gasteiger partial charge < -0.3 is 4.74 Å². The third-order valence-electron chi connectivity index (χ3n) is 6.05. The second-order valence-electron chi connectivity index (χ2n) is 8.33. The fraction of sp³-hybridized carbons (Fsp3) is 0.148. The molecule has 37 heavy (non-hydrogen) atoms. The molecular weight excluding hydrogens is 512 g/mol. The molecule has 0 unspecified atom stereocenters. The van der Waals surface area contributed by atoms with Crippen LogP contribution in [0.4, 0.5) is 5.69 Å². The highest BCUT2D eigenvalue weighted by molar-refractivity contribution is 7.98. The molecule has 1 N–H and O–H groups in total. The van der Waals surface area contributed by atoms with E-state index in [0.717, 1.165) is 5.56 Å². The molecule has 2 heterocycles. The van der Waals surface area contributed by atoms with Gasteiger partial charge in [0.15, 0.2) is 0 Å². The van der Waals surface area contributed by atoms with E-state index < -0.39 is 12.1 Å². The Balaban J connectivity index is 1.66. The molecule has 1 atom stereocenters. The van der Waals surface area contributed by atoms with Crippen LogP contribution in [0, 0.1) is 0 Å². The zero-order chi connectivity index (χ0) is 26.1. The number of carbonyl (C=O) groups excluding carboxylic acids is 2. The summed E-state index contributed by atoms with van der Waals surface area (Å²) in [5.74, 6) is -0.196. The van der Waals surface area contributed by atoms with Crippen molar-refractivity contribution in [3.8, 4) is 11.3 Å². The minimum absolute atomic E-state index is 0.222. The Hall–Kier alpha value is -3.95. The maximum absolute atomic E-state index is 13.4. The summed E-state index contributed by atoms with van der Waals surface area (Å²) in [6.45, 7) is 1.47. The lowest BCUT2D eigenvalue weighted by Gasteiger charge is -2.31. The Bertz CT molecular complexity index is 1570. The second kappa shape index (κ2) is 10.2. The molecule has 0 spiro atoms. The number of hydrogen-bond donors (Lipinski definition) is 1. The predicted molar refractivity (Wildman–Crippen MR) is 141 cm³/mol. The van der Waals surface area contributed by atoms with E-state index in [1.807, 2.05) is 36.4 Å². The lowest BCUT2D eigenvalue weighted by molar-refractivity contribution is -0.763. The number of benzene rings is 3. The van der Waals surface area contributed by atoms with Gasteiger partial charge in [-0.2, -0.15) is 0 Å². The Morgan fingerprint density at radius 1 is 1.08 bits per heavy atom. The summed E-state index contributed by atoms with van der Waals surface area (Å²) in [6.07, 6.45) is -0.754. The van der Waals surface area contributed by atoms with E-state index in [0.29, 0.717) is 44.0 Å². The number of rotatable bonds is 5. The fourth-order valence-electron chi connectivity index (χ4n) is 4.35. The minimum atomic E-state index is -0.754. The van der Waals surface area contributed by atoms with E-state index in [4.69, 9.17) is 21.4 Å². The first-order valence-corrected chi connectivity index (χ1v) is 12.7. The summed E-state index contributed by atoms with van der Waals surface area (Å²) >= 11 is 7.64. The highest BCUT2D eigenvalue weighted by atomic mass is 35.5. The largest absolute Gasteiger partial charge is 0.465 e. The standard InChI is InChI=1S/C27H21ClN4O4S/c1-16(33)31-22-10-6-4-8-20(22)23-24(34)29-27(37-15-19-7-3-5-9-21(19)28)30-32(23)25(31)17-11-13-18(14-12-17)26(35)36-2/h3-14,25H,15H2,1-2H3/p+1/t25-/m1/s1. The number of halogens is 1. The van der Waals surface area contributed by atoms with Gasteiger partial charge in [0, 0.05) is 28.4 Å². The molecule has 10 heteroatoms. The summed E-state index contributed by atoms with van der Waals surface area (Å²) in [7, 11) is 1.32. The van der Waals surface area contributed by atoms with Crippen LogP contribution in [0.2, 0.25) is 5.02 Å². The molecule has 1 aliphatic heterocycles. The summed E-state index contributed by atoms with van der Waals surface area (Å²) in [5.41, 5.74) is 3.14. The van der Waals surface area contributed by atoms with Crippen LogP contribution in [-0.4, -0.2) is 29.1 Å². The average Bonchev–Trinajstić information content (AvgIpc) is 2.91. The van der Waals surface area contributed by atoms with Crippen molar-refractivity contribution in [3.63, 3.8) is 0 Å². The van der Waals surface area contributed by atoms with Gasteiger partial charge in [0.2, 0.25) is 11.1 Å². The van der Waals surface area contributed by atoms with E-state index in [9.17, 15) is 14.4 Å². The second-order valence-corrected chi connectivity index (χ2v) is 9.70. The Kier molecular flexibility index (Phi) is 6.82. The van der Waals surface area contributed by atoms with Crippen LogP contribution >= 0.6 is 23.4 Å². The van der Waals surface area contributed by atoms with Gasteiger partial charge >= 0.3 is 17.2 Å². The van der Waals surface area contributed by atoms with Crippen molar-refractivity contribution in [1.82, 2.24) is 10.1 Å². The van der Waals surface area contributed by atoms with Crippen LogP contribution in [0.25, 0.3) is 11.3 Å². The zero-order valence-electron chi connectivity index (χ0n) is 20.0. The quantitative estimate of drug-likeness (QED) is 0.232. The molecule has 4 aromatic rings. The van der Waals surface area contributed by atoms with Gasteiger partial charge in [0.25, 0.3) is 6.17 Å². The fourth-order valence-corrected chi connectivity index (χ4v) is 5.49. The van der Waals surface area contributed by atoms with E-state index in [1.165, 1.54) is 25.8 Å². The molecule has 0 aliphatic carbocycles. The van der Waals surface area contributed by atoms with Crippen LogP contribution in [0.15, 0.2) is 82.7 Å². The van der Waals surface area contributed by atoms with Gasteiger partial charge in [0.05, 0.1) is 23.9 Å². The van der Waals surface area contributed by atoms with E-state index >= 15 is 0 Å². The van der Waals surface area contributed by atoms with Gasteiger partial charge in [-0.05, 0) is 52.7 Å². The third-order valence-corrected chi connectivity index (χ3v) is 7.33. The number of nitrogens with zero attached hydrogens (tertiary/aromatic N) is 3. The monoisotopic (exact) mass is 533 g/mol. The number of methoxy groups -OCH3 is 1. The number of para-hydroxylation sites is 1. The molecule has 0 saturated heterocycles. The number of fused-ring (bicyclic) bond motifs is 3. The van der Waals surface area contributed by atoms with Crippen molar-refractivity contribution >= 4 is 40.9 Å². The van der Waals surface area contributed by atoms with Gasteiger partial charge in [-0.25, -0.2) is 9.69 Å². The van der Waals surface area contributed by atoms with Crippen molar-refractivity contribution in [3.05, 3.63) is 105 Å². The van der Waals surface area contributed by atoms with Gasteiger partial charge in [-0.3, -0.25) is 14.6 Å². The predicted octanol–water partition coefficient (Wildman–Crippen LogP) is 4.37. The maximum Gasteiger partial charge on any atom is 0.337 e. The van der Waals surface area contributed by atoms with Gasteiger partial charge in [-0.15, -0.1) is 0 Å². The van der Waals surface area contributed by atoms with E-state index in [1.54, 1.807) is 46.0 Å². The molecule has 3 aromatic carbocycles. The number of nitrogens with one attached hydrogen (secondary N) is 1. The van der Waals surface area contributed by atoms with Crippen LogP contribution in [0.1, 0.15) is 34.6 Å². The lowest BCUT2D eigenvalue weighted by atomic mass is 10.0. The number of ether oxygens (including phenoxy) is 1. The van der Waals surface area contributed by atoms with E-state index in [-0.39, 0.29) is 11.5 Å².